The summed E-state index contributed by atoms with van der Waals surface area (Å²) in [6.45, 7) is 4.92. The number of hydrogen-bond acceptors (Lipinski definition) is 5. The van der Waals surface area contributed by atoms with Gasteiger partial charge in [-0.05, 0) is 25.7 Å². The monoisotopic (exact) mass is 864 g/mol. The molecule has 0 aliphatic carbocycles. The lowest BCUT2D eigenvalue weighted by atomic mass is 10.0. The molecule has 3 N–H and O–H groups in total. The lowest BCUT2D eigenvalue weighted by Crippen LogP contribution is -2.45. The number of carbonyl (C=O) groups excluding carboxylic acids is 2. The van der Waals surface area contributed by atoms with Crippen LogP contribution in [0.3, 0.4) is 0 Å². The molecular weight excluding hydrogens is 755 g/mol. The Bertz CT molecular complexity index is 867. The molecule has 61 heavy (non-hydrogen) atoms. The van der Waals surface area contributed by atoms with Crippen molar-refractivity contribution in [1.29, 1.82) is 0 Å². The zero-order valence-corrected chi connectivity index (χ0v) is 41.4. The molecule has 0 saturated carbocycles. The van der Waals surface area contributed by atoms with Crippen LogP contribution in [0, 0.1) is 0 Å². The average Bonchev–Trinajstić information content (AvgIpc) is 3.26. The van der Waals surface area contributed by atoms with Crippen LogP contribution in [0.25, 0.3) is 0 Å². The van der Waals surface area contributed by atoms with E-state index in [9.17, 15) is 19.8 Å². The van der Waals surface area contributed by atoms with Crippen molar-refractivity contribution in [2.75, 3.05) is 13.2 Å². The molecule has 0 aliphatic rings. The highest BCUT2D eigenvalue weighted by atomic mass is 16.5. The number of ether oxygens (including phenoxy) is 1. The number of unbranched alkanes of at least 4 members (excludes halogenated alkanes) is 41. The van der Waals surface area contributed by atoms with E-state index in [0.717, 1.165) is 57.8 Å². The number of rotatable bonds is 52. The predicted molar refractivity (Wildman–Crippen MR) is 264 cm³/mol. The summed E-state index contributed by atoms with van der Waals surface area (Å²) in [6.07, 6.45) is 57.9. The zero-order chi connectivity index (χ0) is 44.4. The molecule has 2 unspecified atom stereocenters. The van der Waals surface area contributed by atoms with Gasteiger partial charge in [-0.1, -0.05) is 277 Å². The molecule has 0 heterocycles. The molecule has 6 nitrogen and oxygen atoms in total. The maximum absolute atomic E-state index is 12.5. The Labute approximate surface area is 381 Å². The Morgan fingerprint density at radius 1 is 0.393 bits per heavy atom. The minimum atomic E-state index is -0.680. The normalized spacial score (nSPS) is 12.5. The number of aliphatic hydroxyl groups is 2. The smallest absolute Gasteiger partial charge is 0.305 e. The van der Waals surface area contributed by atoms with Gasteiger partial charge in [0, 0.05) is 12.8 Å². The number of esters is 1. The minimum absolute atomic E-state index is 0.0198. The van der Waals surface area contributed by atoms with Crippen LogP contribution in [0.1, 0.15) is 316 Å². The highest BCUT2D eigenvalue weighted by Gasteiger charge is 2.20. The fourth-order valence-electron chi connectivity index (χ4n) is 8.88. The van der Waals surface area contributed by atoms with E-state index in [1.165, 1.54) is 225 Å². The molecule has 364 valence electrons. The first-order valence-corrected chi connectivity index (χ1v) is 27.8. The van der Waals surface area contributed by atoms with Crippen LogP contribution in [0.4, 0.5) is 0 Å². The standard InChI is InChI=1S/C55H109NO5/c1-3-5-7-9-11-13-15-17-19-21-23-24-26-28-31-35-39-43-47-53(58)52(51-57)56-54(59)48-44-40-36-32-30-34-38-42-46-50-61-55(60)49-45-41-37-33-29-27-25-22-20-18-16-14-12-10-8-6-4-2/h52-53,57-58H,3-51H2,1-2H3,(H,56,59). The van der Waals surface area contributed by atoms with Crippen LogP contribution >= 0.6 is 0 Å². The molecule has 0 aromatic carbocycles. The Hall–Kier alpha value is -1.14. The number of amides is 1. The third kappa shape index (κ3) is 48.2. The van der Waals surface area contributed by atoms with Crippen LogP contribution in [0.2, 0.25) is 0 Å². The number of hydrogen-bond donors (Lipinski definition) is 3. The lowest BCUT2D eigenvalue weighted by Gasteiger charge is -2.22. The summed E-state index contributed by atoms with van der Waals surface area (Å²) in [5.41, 5.74) is 0. The molecule has 0 bridgehead atoms. The molecule has 0 aromatic heterocycles. The van der Waals surface area contributed by atoms with E-state index in [0.29, 0.717) is 25.9 Å². The van der Waals surface area contributed by atoms with Gasteiger partial charge in [0.1, 0.15) is 0 Å². The number of nitrogens with one attached hydrogen (secondary N) is 1. The lowest BCUT2D eigenvalue weighted by molar-refractivity contribution is -0.143. The molecule has 0 saturated heterocycles. The molecule has 2 atom stereocenters. The van der Waals surface area contributed by atoms with Crippen molar-refractivity contribution in [2.24, 2.45) is 0 Å². The summed E-state index contributed by atoms with van der Waals surface area (Å²) in [7, 11) is 0. The van der Waals surface area contributed by atoms with E-state index in [2.05, 4.69) is 19.2 Å². The number of aliphatic hydroxyl groups excluding tert-OH is 2. The molecule has 1 amide bonds. The first kappa shape index (κ1) is 59.9. The summed E-state index contributed by atoms with van der Waals surface area (Å²) >= 11 is 0. The van der Waals surface area contributed by atoms with Crippen molar-refractivity contribution in [3.05, 3.63) is 0 Å². The van der Waals surface area contributed by atoms with E-state index in [4.69, 9.17) is 4.74 Å². The van der Waals surface area contributed by atoms with Gasteiger partial charge in [-0.2, -0.15) is 0 Å². The van der Waals surface area contributed by atoms with E-state index < -0.39 is 12.1 Å². The van der Waals surface area contributed by atoms with Gasteiger partial charge in [-0.15, -0.1) is 0 Å². The van der Waals surface area contributed by atoms with E-state index in [1.54, 1.807) is 0 Å². The molecule has 0 fully saturated rings. The third-order valence-electron chi connectivity index (χ3n) is 13.2. The summed E-state index contributed by atoms with van der Waals surface area (Å²) in [5, 5.41) is 23.3. The topological polar surface area (TPSA) is 95.9 Å². The van der Waals surface area contributed by atoms with Crippen molar-refractivity contribution in [1.82, 2.24) is 5.32 Å². The summed E-state index contributed by atoms with van der Waals surface area (Å²) in [5.74, 6) is -0.0783. The summed E-state index contributed by atoms with van der Waals surface area (Å²) < 4.78 is 5.47. The molecule has 0 rings (SSSR count). The molecule has 0 aliphatic heterocycles. The van der Waals surface area contributed by atoms with Gasteiger partial charge in [0.2, 0.25) is 5.91 Å². The van der Waals surface area contributed by atoms with Gasteiger partial charge in [-0.3, -0.25) is 9.59 Å². The van der Waals surface area contributed by atoms with Crippen LogP contribution in [0.5, 0.6) is 0 Å². The second-order valence-corrected chi connectivity index (χ2v) is 19.3. The number of carbonyl (C=O) groups is 2. The second-order valence-electron chi connectivity index (χ2n) is 19.3. The van der Waals surface area contributed by atoms with Crippen LogP contribution < -0.4 is 5.32 Å². The molecule has 0 aromatic rings. The maximum atomic E-state index is 12.5. The summed E-state index contributed by atoms with van der Waals surface area (Å²) in [4.78, 5) is 24.5. The average molecular weight is 864 g/mol. The highest BCUT2D eigenvalue weighted by Crippen LogP contribution is 2.18. The maximum Gasteiger partial charge on any atom is 0.305 e. The van der Waals surface area contributed by atoms with Crippen molar-refractivity contribution in [3.8, 4) is 0 Å². The van der Waals surface area contributed by atoms with Crippen LogP contribution in [0.15, 0.2) is 0 Å². The predicted octanol–water partition coefficient (Wildman–Crippen LogP) is 16.7. The zero-order valence-electron chi connectivity index (χ0n) is 41.4. The van der Waals surface area contributed by atoms with Crippen molar-refractivity contribution >= 4 is 11.9 Å². The van der Waals surface area contributed by atoms with Crippen molar-refractivity contribution in [3.63, 3.8) is 0 Å². The van der Waals surface area contributed by atoms with Gasteiger partial charge < -0.3 is 20.3 Å². The molecule has 0 spiro atoms. The van der Waals surface area contributed by atoms with Crippen molar-refractivity contribution < 1.29 is 24.5 Å². The SMILES string of the molecule is CCCCCCCCCCCCCCCCCCCCC(O)C(CO)NC(=O)CCCCCCCCCCCOC(=O)CCCCCCCCCCCCCCCCCCC. The molecule has 0 radical (unpaired) electrons. The quantitative estimate of drug-likeness (QED) is 0.0418. The first-order valence-electron chi connectivity index (χ1n) is 27.8. The van der Waals surface area contributed by atoms with Gasteiger partial charge in [0.05, 0.1) is 25.4 Å². The van der Waals surface area contributed by atoms with Crippen LogP contribution in [-0.4, -0.2) is 47.4 Å². The second kappa shape index (κ2) is 51.5. The summed E-state index contributed by atoms with van der Waals surface area (Å²) in [6, 6.07) is -0.560. The molecule has 6 heteroatoms. The van der Waals surface area contributed by atoms with E-state index >= 15 is 0 Å². The largest absolute Gasteiger partial charge is 0.466 e. The fourth-order valence-corrected chi connectivity index (χ4v) is 8.88. The first-order chi connectivity index (χ1) is 30.0. The Kier molecular flexibility index (Phi) is 50.5. The molecular formula is C55H109NO5. The Morgan fingerprint density at radius 2 is 0.672 bits per heavy atom. The Morgan fingerprint density at radius 3 is 1.00 bits per heavy atom. The Balaban J connectivity index is 3.45. The minimum Gasteiger partial charge on any atom is -0.466 e. The van der Waals surface area contributed by atoms with E-state index in [-0.39, 0.29) is 18.5 Å². The van der Waals surface area contributed by atoms with Gasteiger partial charge in [0.25, 0.3) is 0 Å². The van der Waals surface area contributed by atoms with Gasteiger partial charge in [0.15, 0.2) is 0 Å². The van der Waals surface area contributed by atoms with Crippen LogP contribution in [-0.2, 0) is 14.3 Å². The van der Waals surface area contributed by atoms with Crippen molar-refractivity contribution in [2.45, 2.75) is 328 Å². The van der Waals surface area contributed by atoms with Gasteiger partial charge in [-0.25, -0.2) is 0 Å². The highest BCUT2D eigenvalue weighted by molar-refractivity contribution is 5.76. The third-order valence-corrected chi connectivity index (χ3v) is 13.2. The van der Waals surface area contributed by atoms with Gasteiger partial charge >= 0.3 is 5.97 Å². The van der Waals surface area contributed by atoms with E-state index in [1.807, 2.05) is 0 Å². The fraction of sp³-hybridized carbons (Fsp3) is 0.964.